The standard InChI is InChI=1S/C25H30N2O/c1-18-8-10-20(11-9-18)22(16-25(28)27-14-12-19(2)13-15-27)23-17-26(3)24-7-5-4-6-21(23)24/h4-11,17,19,22H,12-16H2,1-3H3. The number of amides is 1. The van der Waals surface area contributed by atoms with Crippen molar-refractivity contribution in [1.82, 2.24) is 9.47 Å². The predicted molar refractivity (Wildman–Crippen MR) is 116 cm³/mol. The predicted octanol–water partition coefficient (Wildman–Crippen LogP) is 5.27. The molecule has 146 valence electrons. The van der Waals surface area contributed by atoms with Crippen LogP contribution in [0.25, 0.3) is 10.9 Å². The van der Waals surface area contributed by atoms with Gasteiger partial charge in [0.15, 0.2) is 0 Å². The smallest absolute Gasteiger partial charge is 0.223 e. The second-order valence-corrected chi connectivity index (χ2v) is 8.44. The minimum Gasteiger partial charge on any atom is -0.350 e. The lowest BCUT2D eigenvalue weighted by atomic mass is 9.87. The summed E-state index contributed by atoms with van der Waals surface area (Å²) in [6, 6.07) is 17.2. The molecular weight excluding hydrogens is 344 g/mol. The third-order valence-corrected chi connectivity index (χ3v) is 6.30. The maximum absolute atomic E-state index is 13.2. The number of aromatic nitrogens is 1. The van der Waals surface area contributed by atoms with Crippen molar-refractivity contribution in [3.8, 4) is 0 Å². The van der Waals surface area contributed by atoms with Crippen LogP contribution in [-0.4, -0.2) is 28.5 Å². The lowest BCUT2D eigenvalue weighted by Crippen LogP contribution is -2.38. The molecule has 2 aromatic carbocycles. The largest absolute Gasteiger partial charge is 0.350 e. The Morgan fingerprint density at radius 3 is 2.46 bits per heavy atom. The van der Waals surface area contributed by atoms with Gasteiger partial charge in [0.25, 0.3) is 0 Å². The molecule has 3 aromatic rings. The third kappa shape index (κ3) is 3.71. The highest BCUT2D eigenvalue weighted by atomic mass is 16.2. The molecule has 1 aromatic heterocycles. The van der Waals surface area contributed by atoms with E-state index in [2.05, 4.69) is 85.1 Å². The fourth-order valence-corrected chi connectivity index (χ4v) is 4.42. The van der Waals surface area contributed by atoms with Gasteiger partial charge in [-0.1, -0.05) is 55.0 Å². The Morgan fingerprint density at radius 1 is 1.07 bits per heavy atom. The number of para-hydroxylation sites is 1. The van der Waals surface area contributed by atoms with Crippen LogP contribution in [0.4, 0.5) is 0 Å². The summed E-state index contributed by atoms with van der Waals surface area (Å²) in [5.41, 5.74) is 4.94. The van der Waals surface area contributed by atoms with Gasteiger partial charge in [-0.3, -0.25) is 4.79 Å². The van der Waals surface area contributed by atoms with Gasteiger partial charge >= 0.3 is 0 Å². The summed E-state index contributed by atoms with van der Waals surface area (Å²) in [5.74, 6) is 1.10. The van der Waals surface area contributed by atoms with E-state index in [0.29, 0.717) is 6.42 Å². The van der Waals surface area contributed by atoms with Crippen LogP contribution in [-0.2, 0) is 11.8 Å². The second-order valence-electron chi connectivity index (χ2n) is 8.44. The van der Waals surface area contributed by atoms with Crippen LogP contribution < -0.4 is 0 Å². The van der Waals surface area contributed by atoms with Gasteiger partial charge in [0, 0.05) is 49.6 Å². The van der Waals surface area contributed by atoms with E-state index in [1.54, 1.807) is 0 Å². The van der Waals surface area contributed by atoms with E-state index in [9.17, 15) is 4.79 Å². The third-order valence-electron chi connectivity index (χ3n) is 6.30. The van der Waals surface area contributed by atoms with E-state index in [1.165, 1.54) is 27.6 Å². The van der Waals surface area contributed by atoms with Crippen molar-refractivity contribution in [3.63, 3.8) is 0 Å². The summed E-state index contributed by atoms with van der Waals surface area (Å²) >= 11 is 0. The first-order chi connectivity index (χ1) is 13.5. The van der Waals surface area contributed by atoms with E-state index in [1.807, 2.05) is 0 Å². The van der Waals surface area contributed by atoms with Gasteiger partial charge < -0.3 is 9.47 Å². The van der Waals surface area contributed by atoms with Gasteiger partial charge in [0.1, 0.15) is 0 Å². The van der Waals surface area contributed by atoms with Gasteiger partial charge in [-0.15, -0.1) is 0 Å². The summed E-state index contributed by atoms with van der Waals surface area (Å²) in [6.45, 7) is 6.19. The maximum atomic E-state index is 13.2. The first-order valence-electron chi connectivity index (χ1n) is 10.4. The molecular formula is C25H30N2O. The van der Waals surface area contributed by atoms with E-state index < -0.39 is 0 Å². The monoisotopic (exact) mass is 374 g/mol. The maximum Gasteiger partial charge on any atom is 0.223 e. The number of nitrogens with zero attached hydrogens (tertiary/aromatic N) is 2. The van der Waals surface area contributed by atoms with Crippen molar-refractivity contribution < 1.29 is 4.79 Å². The number of likely N-dealkylation sites (tertiary alicyclic amines) is 1. The zero-order valence-electron chi connectivity index (χ0n) is 17.2. The molecule has 1 fully saturated rings. The molecule has 1 saturated heterocycles. The minimum atomic E-state index is 0.0820. The quantitative estimate of drug-likeness (QED) is 0.611. The van der Waals surface area contributed by atoms with E-state index in [-0.39, 0.29) is 11.8 Å². The topological polar surface area (TPSA) is 25.2 Å². The molecule has 1 amide bonds. The van der Waals surface area contributed by atoms with Gasteiger partial charge in [-0.05, 0) is 42.9 Å². The summed E-state index contributed by atoms with van der Waals surface area (Å²) in [5, 5.41) is 1.25. The summed E-state index contributed by atoms with van der Waals surface area (Å²) < 4.78 is 2.18. The molecule has 0 radical (unpaired) electrons. The lowest BCUT2D eigenvalue weighted by molar-refractivity contribution is -0.132. The molecule has 1 aliphatic heterocycles. The molecule has 28 heavy (non-hydrogen) atoms. The molecule has 0 aliphatic carbocycles. The van der Waals surface area contributed by atoms with Gasteiger partial charge in [-0.25, -0.2) is 0 Å². The highest BCUT2D eigenvalue weighted by Gasteiger charge is 2.26. The van der Waals surface area contributed by atoms with Crippen molar-refractivity contribution in [2.45, 2.75) is 39.0 Å². The van der Waals surface area contributed by atoms with Crippen LogP contribution in [0, 0.1) is 12.8 Å². The van der Waals surface area contributed by atoms with E-state index in [4.69, 9.17) is 0 Å². The van der Waals surface area contributed by atoms with Crippen molar-refractivity contribution in [3.05, 3.63) is 71.4 Å². The fourth-order valence-electron chi connectivity index (χ4n) is 4.42. The minimum absolute atomic E-state index is 0.0820. The molecule has 0 N–H and O–H groups in total. The molecule has 0 saturated carbocycles. The Hall–Kier alpha value is -2.55. The Balaban J connectivity index is 1.70. The molecule has 4 rings (SSSR count). The molecule has 1 aliphatic rings. The highest BCUT2D eigenvalue weighted by Crippen LogP contribution is 2.35. The van der Waals surface area contributed by atoms with E-state index >= 15 is 0 Å². The first kappa shape index (κ1) is 18.8. The Kier molecular flexibility index (Phi) is 5.25. The number of fused-ring (bicyclic) bond motifs is 1. The van der Waals surface area contributed by atoms with Crippen LogP contribution in [0.2, 0.25) is 0 Å². The summed E-state index contributed by atoms with van der Waals surface area (Å²) in [4.78, 5) is 15.3. The Morgan fingerprint density at radius 2 is 1.75 bits per heavy atom. The second kappa shape index (κ2) is 7.83. The number of carbonyl (C=O) groups is 1. The molecule has 0 spiro atoms. The SMILES string of the molecule is Cc1ccc(C(CC(=O)N2CCC(C)CC2)c2cn(C)c3ccccc23)cc1. The fraction of sp³-hybridized carbons (Fsp3) is 0.400. The van der Waals surface area contributed by atoms with E-state index in [0.717, 1.165) is 31.8 Å². The Labute approximate surface area is 168 Å². The number of aryl methyl sites for hydroxylation is 2. The van der Waals surface area contributed by atoms with Gasteiger partial charge in [0.05, 0.1) is 0 Å². The first-order valence-corrected chi connectivity index (χ1v) is 10.4. The molecule has 2 heterocycles. The van der Waals surface area contributed by atoms with Crippen LogP contribution >= 0.6 is 0 Å². The van der Waals surface area contributed by atoms with Crippen LogP contribution in [0.3, 0.4) is 0 Å². The average molecular weight is 375 g/mol. The summed E-state index contributed by atoms with van der Waals surface area (Å²) in [7, 11) is 2.09. The number of hydrogen-bond donors (Lipinski definition) is 0. The van der Waals surface area contributed by atoms with Crippen molar-refractivity contribution in [2.75, 3.05) is 13.1 Å². The summed E-state index contributed by atoms with van der Waals surface area (Å²) in [6.07, 6.45) is 4.98. The molecule has 1 atom stereocenters. The van der Waals surface area contributed by atoms with Gasteiger partial charge in [-0.2, -0.15) is 0 Å². The zero-order valence-corrected chi connectivity index (χ0v) is 17.2. The average Bonchev–Trinajstić information content (AvgIpc) is 3.04. The molecule has 0 bridgehead atoms. The highest BCUT2D eigenvalue weighted by molar-refractivity contribution is 5.86. The lowest BCUT2D eigenvalue weighted by Gasteiger charge is -2.31. The number of piperidine rings is 1. The van der Waals surface area contributed by atoms with Crippen molar-refractivity contribution in [2.24, 2.45) is 13.0 Å². The Bertz CT molecular complexity index is 962. The molecule has 3 nitrogen and oxygen atoms in total. The van der Waals surface area contributed by atoms with Crippen LogP contribution in [0.1, 0.15) is 48.8 Å². The zero-order chi connectivity index (χ0) is 19.7. The number of hydrogen-bond acceptors (Lipinski definition) is 1. The number of rotatable bonds is 4. The van der Waals surface area contributed by atoms with Crippen molar-refractivity contribution in [1.29, 1.82) is 0 Å². The number of carbonyl (C=O) groups excluding carboxylic acids is 1. The van der Waals surface area contributed by atoms with Gasteiger partial charge in [0.2, 0.25) is 5.91 Å². The van der Waals surface area contributed by atoms with Crippen molar-refractivity contribution >= 4 is 16.8 Å². The van der Waals surface area contributed by atoms with Crippen LogP contribution in [0.5, 0.6) is 0 Å². The number of benzene rings is 2. The molecule has 1 unspecified atom stereocenters. The molecule has 3 heteroatoms. The van der Waals surface area contributed by atoms with Crippen LogP contribution in [0.15, 0.2) is 54.7 Å². The normalized spacial score (nSPS) is 16.5.